The predicted octanol–water partition coefficient (Wildman–Crippen LogP) is 3.89. The van der Waals surface area contributed by atoms with Crippen molar-refractivity contribution in [2.24, 2.45) is 0 Å². The number of carbonyl (C=O) groups excluding carboxylic acids is 1. The third kappa shape index (κ3) is 6.39. The highest BCUT2D eigenvalue weighted by Gasteiger charge is 2.22. The number of ether oxygens (including phenoxy) is 2. The van der Waals surface area contributed by atoms with E-state index in [1.165, 1.54) is 25.3 Å². The Labute approximate surface area is 205 Å². The van der Waals surface area contributed by atoms with E-state index in [0.717, 1.165) is 44.0 Å². The number of sulfonamides is 1. The molecule has 1 fully saturated rings. The van der Waals surface area contributed by atoms with Gasteiger partial charge in [-0.15, -0.1) is 0 Å². The first-order valence-corrected chi connectivity index (χ1v) is 12.8. The molecule has 35 heavy (non-hydrogen) atoms. The van der Waals surface area contributed by atoms with Crippen molar-refractivity contribution in [2.75, 3.05) is 43.5 Å². The van der Waals surface area contributed by atoms with Gasteiger partial charge < -0.3 is 14.8 Å². The molecule has 8 nitrogen and oxygen atoms in total. The Morgan fingerprint density at radius 2 is 1.74 bits per heavy atom. The average Bonchev–Trinajstić information content (AvgIpc) is 2.86. The molecule has 1 aliphatic heterocycles. The van der Waals surface area contributed by atoms with Crippen molar-refractivity contribution in [1.29, 1.82) is 0 Å². The Bertz CT molecular complexity index is 1290. The molecule has 0 spiro atoms. The molecule has 0 aromatic heterocycles. The van der Waals surface area contributed by atoms with E-state index in [2.05, 4.69) is 14.9 Å². The molecule has 1 amide bonds. The lowest BCUT2D eigenvalue weighted by Gasteiger charge is -2.26. The second kappa shape index (κ2) is 10.9. The second-order valence-corrected chi connectivity index (χ2v) is 10.0. The van der Waals surface area contributed by atoms with Crippen molar-refractivity contribution in [2.45, 2.75) is 18.4 Å². The van der Waals surface area contributed by atoms with E-state index in [4.69, 9.17) is 9.47 Å². The molecule has 2 N–H and O–H groups in total. The van der Waals surface area contributed by atoms with E-state index in [0.29, 0.717) is 11.4 Å². The number of methoxy groups -OCH3 is 1. The first kappa shape index (κ1) is 24.7. The summed E-state index contributed by atoms with van der Waals surface area (Å²) >= 11 is 0. The molecule has 0 unspecified atom stereocenters. The van der Waals surface area contributed by atoms with Crippen molar-refractivity contribution < 1.29 is 22.7 Å². The number of hydrogen-bond donors (Lipinski definition) is 2. The molecule has 3 aromatic rings. The largest absolute Gasteiger partial charge is 0.495 e. The van der Waals surface area contributed by atoms with Crippen LogP contribution >= 0.6 is 0 Å². The van der Waals surface area contributed by atoms with Crippen LogP contribution in [-0.2, 0) is 21.3 Å². The highest BCUT2D eigenvalue weighted by molar-refractivity contribution is 7.92. The first-order chi connectivity index (χ1) is 16.8. The monoisotopic (exact) mass is 495 g/mol. The molecule has 0 radical (unpaired) electrons. The summed E-state index contributed by atoms with van der Waals surface area (Å²) in [5, 5.41) is 2.87. The number of benzene rings is 3. The zero-order valence-electron chi connectivity index (χ0n) is 19.8. The Morgan fingerprint density at radius 1 is 1.00 bits per heavy atom. The Hall–Kier alpha value is -3.40. The summed E-state index contributed by atoms with van der Waals surface area (Å²) in [5.74, 6) is -0.267. The average molecular weight is 496 g/mol. The van der Waals surface area contributed by atoms with Gasteiger partial charge in [0, 0.05) is 36.6 Å². The van der Waals surface area contributed by atoms with E-state index in [-0.39, 0.29) is 16.2 Å². The zero-order chi connectivity index (χ0) is 24.8. The van der Waals surface area contributed by atoms with Gasteiger partial charge in [0.2, 0.25) is 0 Å². The Morgan fingerprint density at radius 3 is 2.46 bits per heavy atom. The molecule has 3 aromatic carbocycles. The first-order valence-electron chi connectivity index (χ1n) is 11.3. The van der Waals surface area contributed by atoms with Crippen molar-refractivity contribution in [3.63, 3.8) is 0 Å². The maximum absolute atomic E-state index is 13.1. The summed E-state index contributed by atoms with van der Waals surface area (Å²) in [5.41, 5.74) is 3.35. The number of hydrogen-bond acceptors (Lipinski definition) is 6. The minimum atomic E-state index is -3.99. The van der Waals surface area contributed by atoms with Crippen molar-refractivity contribution in [3.8, 4) is 5.75 Å². The van der Waals surface area contributed by atoms with E-state index in [9.17, 15) is 13.2 Å². The van der Waals surface area contributed by atoms with Gasteiger partial charge in [-0.2, -0.15) is 0 Å². The summed E-state index contributed by atoms with van der Waals surface area (Å²) < 4.78 is 39.4. The zero-order valence-corrected chi connectivity index (χ0v) is 20.6. The fourth-order valence-electron chi connectivity index (χ4n) is 3.83. The van der Waals surface area contributed by atoms with Gasteiger partial charge in [0.25, 0.3) is 15.9 Å². The molecule has 1 saturated heterocycles. The van der Waals surface area contributed by atoms with Gasteiger partial charge in [0.05, 0.1) is 20.3 Å². The summed E-state index contributed by atoms with van der Waals surface area (Å²) in [6.07, 6.45) is 0. The maximum Gasteiger partial charge on any atom is 0.265 e. The number of carbonyl (C=O) groups is 1. The minimum Gasteiger partial charge on any atom is -0.495 e. The number of rotatable bonds is 8. The van der Waals surface area contributed by atoms with Gasteiger partial charge in [0.15, 0.2) is 0 Å². The highest BCUT2D eigenvalue weighted by Crippen LogP contribution is 2.27. The number of amides is 1. The van der Waals surface area contributed by atoms with Gasteiger partial charge in [0.1, 0.15) is 10.6 Å². The lowest BCUT2D eigenvalue weighted by molar-refractivity contribution is 0.0342. The van der Waals surface area contributed by atoms with Crippen LogP contribution in [0, 0.1) is 6.92 Å². The minimum absolute atomic E-state index is 0.116. The van der Waals surface area contributed by atoms with Crippen LogP contribution in [0.2, 0.25) is 0 Å². The molecule has 0 atom stereocenters. The second-order valence-electron chi connectivity index (χ2n) is 8.38. The van der Waals surface area contributed by atoms with Crippen molar-refractivity contribution in [1.82, 2.24) is 4.90 Å². The van der Waals surface area contributed by atoms with Crippen LogP contribution in [0.25, 0.3) is 0 Å². The lowest BCUT2D eigenvalue weighted by atomic mass is 10.1. The molecule has 0 aliphatic carbocycles. The molecule has 0 bridgehead atoms. The Kier molecular flexibility index (Phi) is 7.70. The van der Waals surface area contributed by atoms with E-state index >= 15 is 0 Å². The summed E-state index contributed by atoms with van der Waals surface area (Å²) in [7, 11) is -2.60. The standard InChI is InChI=1S/C26H29N3O5S/c1-19-6-9-22(10-7-19)28-35(31,32)25-17-21(8-11-24(25)33-2)26(30)27-23-5-3-4-20(16-23)18-29-12-14-34-15-13-29/h3-11,16-17,28H,12-15,18H2,1-2H3,(H,27,30). The summed E-state index contributed by atoms with van der Waals surface area (Å²) in [6.45, 7) is 5.87. The Balaban J connectivity index is 1.52. The molecule has 1 heterocycles. The van der Waals surface area contributed by atoms with Crippen LogP contribution < -0.4 is 14.8 Å². The number of nitrogens with one attached hydrogen (secondary N) is 2. The molecule has 184 valence electrons. The van der Waals surface area contributed by atoms with Crippen LogP contribution in [0.4, 0.5) is 11.4 Å². The predicted molar refractivity (Wildman–Crippen MR) is 135 cm³/mol. The van der Waals surface area contributed by atoms with Gasteiger partial charge in [-0.25, -0.2) is 8.42 Å². The third-order valence-electron chi connectivity index (χ3n) is 5.71. The smallest absolute Gasteiger partial charge is 0.265 e. The number of anilines is 2. The van der Waals surface area contributed by atoms with Crippen LogP contribution in [0.15, 0.2) is 71.6 Å². The van der Waals surface area contributed by atoms with Crippen molar-refractivity contribution in [3.05, 3.63) is 83.4 Å². The van der Waals surface area contributed by atoms with E-state index < -0.39 is 15.9 Å². The van der Waals surface area contributed by atoms with Crippen LogP contribution in [0.1, 0.15) is 21.5 Å². The fraction of sp³-hybridized carbons (Fsp3) is 0.269. The molecule has 4 rings (SSSR count). The van der Waals surface area contributed by atoms with E-state index in [1.54, 1.807) is 18.2 Å². The molecular formula is C26H29N3O5S. The van der Waals surface area contributed by atoms with Gasteiger partial charge in [-0.3, -0.25) is 14.4 Å². The van der Waals surface area contributed by atoms with Crippen molar-refractivity contribution >= 4 is 27.3 Å². The SMILES string of the molecule is COc1ccc(C(=O)Nc2cccc(CN3CCOCC3)c2)cc1S(=O)(=O)Nc1ccc(C)cc1. The number of aryl methyl sites for hydroxylation is 1. The van der Waals surface area contributed by atoms with Crippen LogP contribution in [-0.4, -0.2) is 52.6 Å². The third-order valence-corrected chi connectivity index (χ3v) is 7.12. The normalized spacial score (nSPS) is 14.3. The lowest BCUT2D eigenvalue weighted by Crippen LogP contribution is -2.35. The van der Waals surface area contributed by atoms with Crippen LogP contribution in [0.5, 0.6) is 5.75 Å². The van der Waals surface area contributed by atoms with E-state index in [1.807, 2.05) is 37.3 Å². The quantitative estimate of drug-likeness (QED) is 0.492. The van der Waals surface area contributed by atoms with Gasteiger partial charge in [-0.05, 0) is 55.0 Å². The molecule has 0 saturated carbocycles. The molecule has 9 heteroatoms. The van der Waals surface area contributed by atoms with Crippen LogP contribution in [0.3, 0.4) is 0 Å². The number of nitrogens with zero attached hydrogens (tertiary/aromatic N) is 1. The summed E-state index contributed by atoms with van der Waals surface area (Å²) in [4.78, 5) is 15.2. The topological polar surface area (TPSA) is 97.0 Å². The highest BCUT2D eigenvalue weighted by atomic mass is 32.2. The molecular weight excluding hydrogens is 466 g/mol. The summed E-state index contributed by atoms with van der Waals surface area (Å²) in [6, 6.07) is 19.0. The maximum atomic E-state index is 13.1. The fourth-order valence-corrected chi connectivity index (χ4v) is 5.08. The molecule has 1 aliphatic rings. The van der Waals surface area contributed by atoms with Gasteiger partial charge in [-0.1, -0.05) is 29.8 Å². The van der Waals surface area contributed by atoms with Gasteiger partial charge >= 0.3 is 0 Å². The number of morpholine rings is 1.